The minimum atomic E-state index is -0.463. The molecule has 1 aromatic heterocycles. The van der Waals surface area contributed by atoms with Gasteiger partial charge in [-0.2, -0.15) is 5.10 Å². The van der Waals surface area contributed by atoms with Gasteiger partial charge in [0.2, 0.25) is 0 Å². The van der Waals surface area contributed by atoms with Gasteiger partial charge >= 0.3 is 0 Å². The summed E-state index contributed by atoms with van der Waals surface area (Å²) in [4.78, 5) is 27.4. The van der Waals surface area contributed by atoms with Crippen LogP contribution in [0.25, 0.3) is 11.4 Å². The number of rotatable bonds is 5. The molecule has 7 nitrogen and oxygen atoms in total. The van der Waals surface area contributed by atoms with Gasteiger partial charge in [-0.25, -0.2) is 9.67 Å². The van der Waals surface area contributed by atoms with Crippen LogP contribution in [0.2, 0.25) is 0 Å². The Morgan fingerprint density at radius 3 is 2.56 bits per heavy atom. The van der Waals surface area contributed by atoms with Gasteiger partial charge in [-0.05, 0) is 56.0 Å². The largest absolute Gasteiger partial charge is 0.292 e. The lowest BCUT2D eigenvalue weighted by Gasteiger charge is -2.13. The number of nitrogens with zero attached hydrogens (tertiary/aromatic N) is 4. The van der Waals surface area contributed by atoms with Gasteiger partial charge in [-0.15, -0.1) is 0 Å². The van der Waals surface area contributed by atoms with Gasteiger partial charge in [-0.1, -0.05) is 12.1 Å². The maximum Gasteiger partial charge on any atom is 0.270 e. The summed E-state index contributed by atoms with van der Waals surface area (Å²) >= 11 is 0. The Balaban J connectivity index is 1.85. The van der Waals surface area contributed by atoms with Crippen LogP contribution in [-0.2, 0) is 6.54 Å². The Morgan fingerprint density at radius 1 is 1.11 bits per heavy atom. The van der Waals surface area contributed by atoms with Crippen molar-refractivity contribution in [2.24, 2.45) is 0 Å². The molecular weight excluding hydrogens is 344 g/mol. The number of Topliss-reactive ketones (excluding diaryl/α,β-unsaturated/α-hetero) is 1. The Kier molecular flexibility index (Phi) is 4.85. The molecule has 138 valence electrons. The smallest absolute Gasteiger partial charge is 0.270 e. The number of ketones is 1. The first-order chi connectivity index (χ1) is 12.8. The van der Waals surface area contributed by atoms with Crippen molar-refractivity contribution in [1.82, 2.24) is 14.8 Å². The molecule has 1 heterocycles. The van der Waals surface area contributed by atoms with Crippen LogP contribution in [0, 0.1) is 37.8 Å². The maximum atomic E-state index is 12.8. The third-order valence-corrected chi connectivity index (χ3v) is 4.94. The first-order valence-corrected chi connectivity index (χ1v) is 8.52. The van der Waals surface area contributed by atoms with Crippen molar-refractivity contribution < 1.29 is 9.72 Å². The third-order valence-electron chi connectivity index (χ3n) is 4.94. The van der Waals surface area contributed by atoms with Crippen molar-refractivity contribution in [2.75, 3.05) is 0 Å². The monoisotopic (exact) mass is 364 g/mol. The van der Waals surface area contributed by atoms with E-state index < -0.39 is 4.92 Å². The van der Waals surface area contributed by atoms with E-state index in [9.17, 15) is 14.9 Å². The number of hydrogen-bond donors (Lipinski definition) is 0. The zero-order chi connectivity index (χ0) is 19.7. The number of carbonyl (C=O) groups is 1. The van der Waals surface area contributed by atoms with Crippen LogP contribution < -0.4 is 0 Å². The average Bonchev–Trinajstić information content (AvgIpc) is 3.11. The lowest BCUT2D eigenvalue weighted by molar-refractivity contribution is -0.384. The Morgan fingerprint density at radius 2 is 1.85 bits per heavy atom. The van der Waals surface area contributed by atoms with Crippen molar-refractivity contribution in [3.8, 4) is 11.4 Å². The van der Waals surface area contributed by atoms with Crippen LogP contribution in [0.15, 0.2) is 36.7 Å². The first-order valence-electron chi connectivity index (χ1n) is 8.52. The zero-order valence-corrected chi connectivity index (χ0v) is 15.7. The number of non-ortho nitro benzene ring substituents is 1. The minimum Gasteiger partial charge on any atom is -0.292 e. The normalized spacial score (nSPS) is 10.8. The van der Waals surface area contributed by atoms with E-state index in [2.05, 4.69) is 17.0 Å². The molecule has 2 aromatic carbocycles. The first kappa shape index (κ1) is 18.4. The summed E-state index contributed by atoms with van der Waals surface area (Å²) in [5.41, 5.74) is 5.56. The molecule has 0 bridgehead atoms. The second kappa shape index (κ2) is 7.11. The summed E-state index contributed by atoms with van der Waals surface area (Å²) in [7, 11) is 0. The van der Waals surface area contributed by atoms with Crippen LogP contribution in [0.1, 0.15) is 32.6 Å². The number of aromatic nitrogens is 3. The molecular formula is C20H20N4O3. The van der Waals surface area contributed by atoms with Gasteiger partial charge in [0.05, 0.1) is 4.92 Å². The summed E-state index contributed by atoms with van der Waals surface area (Å²) in [5, 5.41) is 15.2. The van der Waals surface area contributed by atoms with E-state index in [0.29, 0.717) is 17.0 Å². The van der Waals surface area contributed by atoms with Gasteiger partial charge in [0.15, 0.2) is 11.6 Å². The van der Waals surface area contributed by atoms with Crippen LogP contribution in [0.4, 0.5) is 5.69 Å². The highest BCUT2D eigenvalue weighted by molar-refractivity contribution is 5.97. The number of nitro benzene ring substituents is 1. The molecule has 0 N–H and O–H groups in total. The summed E-state index contributed by atoms with van der Waals surface area (Å²) in [5.74, 6) is 0.300. The topological polar surface area (TPSA) is 90.9 Å². The summed E-state index contributed by atoms with van der Waals surface area (Å²) in [6.45, 7) is 8.07. The summed E-state index contributed by atoms with van der Waals surface area (Å²) in [6, 6.07) is 8.03. The fourth-order valence-corrected chi connectivity index (χ4v) is 3.00. The van der Waals surface area contributed by atoms with E-state index in [4.69, 9.17) is 0 Å². The molecule has 0 aliphatic rings. The highest BCUT2D eigenvalue weighted by Crippen LogP contribution is 2.23. The van der Waals surface area contributed by atoms with Crippen molar-refractivity contribution >= 4 is 11.5 Å². The lowest BCUT2D eigenvalue weighted by atomic mass is 9.92. The molecule has 3 aromatic rings. The van der Waals surface area contributed by atoms with E-state index in [1.807, 2.05) is 26.8 Å². The highest BCUT2D eigenvalue weighted by atomic mass is 16.6. The molecule has 0 unspecified atom stereocenters. The Hall–Kier alpha value is -3.35. The third kappa shape index (κ3) is 3.62. The van der Waals surface area contributed by atoms with Gasteiger partial charge in [-0.3, -0.25) is 14.9 Å². The predicted octanol–water partition coefficient (Wildman–Crippen LogP) is 3.97. The predicted molar refractivity (Wildman–Crippen MR) is 102 cm³/mol. The van der Waals surface area contributed by atoms with E-state index >= 15 is 0 Å². The van der Waals surface area contributed by atoms with Crippen molar-refractivity contribution in [1.29, 1.82) is 0 Å². The summed E-state index contributed by atoms with van der Waals surface area (Å²) < 4.78 is 1.46. The van der Waals surface area contributed by atoms with E-state index in [0.717, 1.165) is 16.7 Å². The Bertz CT molecular complexity index is 1050. The lowest BCUT2D eigenvalue weighted by Crippen LogP contribution is -2.13. The number of aryl methyl sites for hydroxylation is 1. The molecule has 0 amide bonds. The summed E-state index contributed by atoms with van der Waals surface area (Å²) in [6.07, 6.45) is 1.47. The molecule has 0 aliphatic carbocycles. The van der Waals surface area contributed by atoms with E-state index in [1.54, 1.807) is 12.1 Å². The van der Waals surface area contributed by atoms with Crippen LogP contribution in [0.5, 0.6) is 0 Å². The molecule has 0 spiro atoms. The van der Waals surface area contributed by atoms with Crippen LogP contribution >= 0.6 is 0 Å². The number of hydrogen-bond acceptors (Lipinski definition) is 5. The minimum absolute atomic E-state index is 0.0267. The fourth-order valence-electron chi connectivity index (χ4n) is 3.00. The van der Waals surface area contributed by atoms with Gasteiger partial charge in [0.1, 0.15) is 12.9 Å². The maximum absolute atomic E-state index is 12.8. The number of nitro groups is 1. The van der Waals surface area contributed by atoms with E-state index in [-0.39, 0.29) is 18.0 Å². The number of carbonyl (C=O) groups excluding carboxylic acids is 1. The molecule has 3 rings (SSSR count). The van der Waals surface area contributed by atoms with Crippen molar-refractivity contribution in [3.63, 3.8) is 0 Å². The second-order valence-corrected chi connectivity index (χ2v) is 6.61. The van der Waals surface area contributed by atoms with Crippen molar-refractivity contribution in [3.05, 3.63) is 74.6 Å². The molecule has 0 atom stereocenters. The Labute approximate surface area is 156 Å². The molecule has 7 heteroatoms. The SMILES string of the molecule is Cc1cc(C(=O)Cn2cnc(-c3cccc([N+](=O)[O-])c3)n2)c(C)c(C)c1C. The fraction of sp³-hybridized carbons (Fsp3) is 0.250. The standard InChI is InChI=1S/C20H20N4O3/c1-12-8-18(15(4)14(3)13(12)2)19(25)10-23-11-21-20(22-23)16-6-5-7-17(9-16)24(26)27/h5-9,11H,10H2,1-4H3. The molecule has 0 radical (unpaired) electrons. The second-order valence-electron chi connectivity index (χ2n) is 6.61. The molecule has 27 heavy (non-hydrogen) atoms. The van der Waals surface area contributed by atoms with Gasteiger partial charge in [0, 0.05) is 23.3 Å². The van der Waals surface area contributed by atoms with Crippen LogP contribution in [-0.4, -0.2) is 25.5 Å². The van der Waals surface area contributed by atoms with Gasteiger partial charge in [0.25, 0.3) is 5.69 Å². The molecule has 0 saturated carbocycles. The van der Waals surface area contributed by atoms with Crippen molar-refractivity contribution in [2.45, 2.75) is 34.2 Å². The van der Waals surface area contributed by atoms with Gasteiger partial charge < -0.3 is 0 Å². The zero-order valence-electron chi connectivity index (χ0n) is 15.7. The van der Waals surface area contributed by atoms with E-state index in [1.165, 1.54) is 28.7 Å². The quantitative estimate of drug-likeness (QED) is 0.388. The number of benzene rings is 2. The molecule has 0 fully saturated rings. The highest BCUT2D eigenvalue weighted by Gasteiger charge is 2.16. The average molecular weight is 364 g/mol. The van der Waals surface area contributed by atoms with Crippen LogP contribution in [0.3, 0.4) is 0 Å². The molecule has 0 aliphatic heterocycles. The molecule has 0 saturated heterocycles.